The highest BCUT2D eigenvalue weighted by atomic mass is 32.1. The maximum Gasteiger partial charge on any atom is 0.262 e. The summed E-state index contributed by atoms with van der Waals surface area (Å²) in [5.41, 5.74) is 0.743. The van der Waals surface area contributed by atoms with Gasteiger partial charge in [0.1, 0.15) is 4.88 Å². The molecule has 2 heterocycles. The van der Waals surface area contributed by atoms with E-state index in [1.54, 1.807) is 0 Å². The van der Waals surface area contributed by atoms with E-state index in [4.69, 9.17) is 9.84 Å². The Balaban J connectivity index is 1.89. The second-order valence-electron chi connectivity index (χ2n) is 4.70. The van der Waals surface area contributed by atoms with Gasteiger partial charge >= 0.3 is 0 Å². The SMILES string of the molecule is O=C(NCC1CCOCC1)c1sccc1C#CCCO. The van der Waals surface area contributed by atoms with Crippen LogP contribution < -0.4 is 5.32 Å². The van der Waals surface area contributed by atoms with E-state index in [9.17, 15) is 4.79 Å². The first-order valence-electron chi connectivity index (χ1n) is 6.84. The van der Waals surface area contributed by atoms with Crippen LogP contribution in [0.2, 0.25) is 0 Å². The lowest BCUT2D eigenvalue weighted by atomic mass is 10.0. The predicted molar refractivity (Wildman–Crippen MR) is 78.8 cm³/mol. The number of amides is 1. The van der Waals surface area contributed by atoms with E-state index in [1.165, 1.54) is 11.3 Å². The molecule has 1 aliphatic heterocycles. The van der Waals surface area contributed by atoms with Crippen LogP contribution in [-0.4, -0.2) is 37.4 Å². The summed E-state index contributed by atoms with van der Waals surface area (Å²) in [6, 6.07) is 1.85. The summed E-state index contributed by atoms with van der Waals surface area (Å²) >= 11 is 1.40. The van der Waals surface area contributed by atoms with Gasteiger partial charge in [0.2, 0.25) is 0 Å². The molecule has 0 atom stereocenters. The molecule has 0 bridgehead atoms. The first-order chi connectivity index (χ1) is 9.81. The fourth-order valence-corrected chi connectivity index (χ4v) is 2.83. The van der Waals surface area contributed by atoms with Crippen molar-refractivity contribution in [3.05, 3.63) is 21.9 Å². The zero-order valence-electron chi connectivity index (χ0n) is 11.4. The summed E-state index contributed by atoms with van der Waals surface area (Å²) in [5, 5.41) is 13.6. The average Bonchev–Trinajstić information content (AvgIpc) is 2.95. The van der Waals surface area contributed by atoms with Gasteiger partial charge in [-0.05, 0) is 30.2 Å². The van der Waals surface area contributed by atoms with Crippen molar-refractivity contribution < 1.29 is 14.6 Å². The molecule has 0 unspecified atom stereocenters. The number of carbonyl (C=O) groups is 1. The fraction of sp³-hybridized carbons (Fsp3) is 0.533. The van der Waals surface area contributed by atoms with E-state index in [-0.39, 0.29) is 12.5 Å². The van der Waals surface area contributed by atoms with Crippen molar-refractivity contribution in [3.8, 4) is 11.8 Å². The van der Waals surface area contributed by atoms with Crippen LogP contribution in [0.5, 0.6) is 0 Å². The Kier molecular flexibility index (Phi) is 6.06. The molecule has 4 nitrogen and oxygen atoms in total. The van der Waals surface area contributed by atoms with Crippen LogP contribution in [-0.2, 0) is 4.74 Å². The van der Waals surface area contributed by atoms with Crippen LogP contribution in [0.3, 0.4) is 0 Å². The Morgan fingerprint density at radius 2 is 2.30 bits per heavy atom. The van der Waals surface area contributed by atoms with E-state index in [0.29, 0.717) is 23.8 Å². The summed E-state index contributed by atoms with van der Waals surface area (Å²) in [7, 11) is 0. The number of nitrogens with one attached hydrogen (secondary N) is 1. The Morgan fingerprint density at radius 3 is 3.05 bits per heavy atom. The van der Waals surface area contributed by atoms with Crippen LogP contribution in [0.25, 0.3) is 0 Å². The molecule has 1 aromatic rings. The lowest BCUT2D eigenvalue weighted by Gasteiger charge is -2.22. The van der Waals surface area contributed by atoms with E-state index < -0.39 is 0 Å². The molecule has 20 heavy (non-hydrogen) atoms. The number of thiophene rings is 1. The zero-order chi connectivity index (χ0) is 14.2. The third-order valence-corrected chi connectivity index (χ3v) is 4.14. The molecule has 5 heteroatoms. The molecule has 2 N–H and O–H groups in total. The Bertz CT molecular complexity index is 495. The minimum absolute atomic E-state index is 0.0441. The number of carbonyl (C=O) groups excluding carboxylic acids is 1. The molecule has 1 aliphatic rings. The summed E-state index contributed by atoms with van der Waals surface area (Å²) in [5.74, 6) is 6.24. The van der Waals surface area contributed by atoms with E-state index in [0.717, 1.165) is 31.6 Å². The highest BCUT2D eigenvalue weighted by molar-refractivity contribution is 7.12. The van der Waals surface area contributed by atoms with Crippen molar-refractivity contribution in [2.24, 2.45) is 5.92 Å². The quantitative estimate of drug-likeness (QED) is 0.830. The van der Waals surface area contributed by atoms with Crippen molar-refractivity contribution in [1.29, 1.82) is 0 Å². The van der Waals surface area contributed by atoms with Crippen molar-refractivity contribution in [2.75, 3.05) is 26.4 Å². The highest BCUT2D eigenvalue weighted by Crippen LogP contribution is 2.17. The van der Waals surface area contributed by atoms with Crippen molar-refractivity contribution in [1.82, 2.24) is 5.32 Å². The summed E-state index contributed by atoms with van der Waals surface area (Å²) in [4.78, 5) is 12.8. The highest BCUT2D eigenvalue weighted by Gasteiger charge is 2.17. The van der Waals surface area contributed by atoms with Crippen molar-refractivity contribution in [3.63, 3.8) is 0 Å². The molecule has 0 spiro atoms. The molecule has 1 amide bonds. The molecular weight excluding hydrogens is 274 g/mol. The second kappa shape index (κ2) is 8.05. The molecule has 0 radical (unpaired) electrons. The number of ether oxygens (including phenoxy) is 1. The van der Waals surface area contributed by atoms with Crippen LogP contribution in [0, 0.1) is 17.8 Å². The number of hydrogen-bond donors (Lipinski definition) is 2. The molecule has 0 saturated carbocycles. The van der Waals surface area contributed by atoms with Gasteiger partial charge in [-0.3, -0.25) is 4.79 Å². The lowest BCUT2D eigenvalue weighted by molar-refractivity contribution is 0.0643. The molecular formula is C15H19NO3S. The molecule has 2 rings (SSSR count). The zero-order valence-corrected chi connectivity index (χ0v) is 12.2. The van der Waals surface area contributed by atoms with Gasteiger partial charge in [0, 0.05) is 31.7 Å². The Labute approximate surface area is 123 Å². The predicted octanol–water partition coefficient (Wildman–Crippen LogP) is 1.64. The minimum Gasteiger partial charge on any atom is -0.395 e. The smallest absolute Gasteiger partial charge is 0.262 e. The van der Waals surface area contributed by atoms with Crippen molar-refractivity contribution in [2.45, 2.75) is 19.3 Å². The second-order valence-corrected chi connectivity index (χ2v) is 5.62. The first-order valence-corrected chi connectivity index (χ1v) is 7.72. The largest absolute Gasteiger partial charge is 0.395 e. The standard InChI is InChI=1S/C15H19NO3S/c17-7-2-1-3-13-6-10-20-14(13)15(18)16-11-12-4-8-19-9-5-12/h6,10,12,17H,2,4-5,7-9,11H2,(H,16,18). The molecule has 108 valence electrons. The van der Waals surface area contributed by atoms with E-state index >= 15 is 0 Å². The molecule has 1 saturated heterocycles. The van der Waals surface area contributed by atoms with Crippen LogP contribution in [0.4, 0.5) is 0 Å². The van der Waals surface area contributed by atoms with Gasteiger partial charge < -0.3 is 15.2 Å². The molecule has 0 aliphatic carbocycles. The third-order valence-electron chi connectivity index (χ3n) is 3.22. The van der Waals surface area contributed by atoms with Gasteiger partial charge in [-0.15, -0.1) is 11.3 Å². The number of aliphatic hydroxyl groups is 1. The number of hydrogen-bond acceptors (Lipinski definition) is 4. The fourth-order valence-electron chi connectivity index (χ4n) is 2.07. The van der Waals surface area contributed by atoms with Crippen LogP contribution >= 0.6 is 11.3 Å². The van der Waals surface area contributed by atoms with Gasteiger partial charge in [0.15, 0.2) is 0 Å². The monoisotopic (exact) mass is 293 g/mol. The Hall–Kier alpha value is -1.35. The maximum atomic E-state index is 12.2. The summed E-state index contributed by atoms with van der Waals surface area (Å²) in [6.45, 7) is 2.32. The normalized spacial score (nSPS) is 15.4. The topological polar surface area (TPSA) is 58.6 Å². The Morgan fingerprint density at radius 1 is 1.50 bits per heavy atom. The van der Waals surface area contributed by atoms with Gasteiger partial charge in [-0.2, -0.15) is 0 Å². The van der Waals surface area contributed by atoms with Gasteiger partial charge in [-0.25, -0.2) is 0 Å². The summed E-state index contributed by atoms with van der Waals surface area (Å²) in [6.07, 6.45) is 2.45. The number of aliphatic hydroxyl groups excluding tert-OH is 1. The van der Waals surface area contributed by atoms with Crippen LogP contribution in [0.15, 0.2) is 11.4 Å². The molecule has 1 fully saturated rings. The minimum atomic E-state index is -0.0557. The van der Waals surface area contributed by atoms with Gasteiger partial charge in [0.25, 0.3) is 5.91 Å². The molecule has 1 aromatic heterocycles. The molecule has 0 aromatic carbocycles. The lowest BCUT2D eigenvalue weighted by Crippen LogP contribution is -2.32. The van der Waals surface area contributed by atoms with E-state index in [1.807, 2.05) is 11.4 Å². The average molecular weight is 293 g/mol. The van der Waals surface area contributed by atoms with Gasteiger partial charge in [-0.1, -0.05) is 11.8 Å². The first kappa shape index (κ1) is 15.0. The van der Waals surface area contributed by atoms with Crippen LogP contribution in [0.1, 0.15) is 34.5 Å². The van der Waals surface area contributed by atoms with E-state index in [2.05, 4.69) is 17.2 Å². The summed E-state index contributed by atoms with van der Waals surface area (Å²) < 4.78 is 5.30. The maximum absolute atomic E-state index is 12.2. The third kappa shape index (κ3) is 4.34. The van der Waals surface area contributed by atoms with Gasteiger partial charge in [0.05, 0.1) is 6.61 Å². The van der Waals surface area contributed by atoms with Crippen molar-refractivity contribution >= 4 is 17.2 Å². The number of rotatable bonds is 4.